The van der Waals surface area contributed by atoms with Crippen molar-refractivity contribution in [1.82, 2.24) is 4.90 Å². The Bertz CT molecular complexity index is 333. The van der Waals surface area contributed by atoms with Gasteiger partial charge in [0.1, 0.15) is 0 Å². The largest absolute Gasteiger partial charge is 0.393 e. The molecule has 118 valence electrons. The molecule has 3 heteroatoms. The van der Waals surface area contributed by atoms with Gasteiger partial charge in [-0.3, -0.25) is 4.90 Å². The molecule has 3 nitrogen and oxygen atoms in total. The molecule has 2 atom stereocenters. The Morgan fingerprint density at radius 2 is 1.60 bits per heavy atom. The summed E-state index contributed by atoms with van der Waals surface area (Å²) in [6.45, 7) is 16.3. The Morgan fingerprint density at radius 3 is 2.15 bits per heavy atom. The van der Waals surface area contributed by atoms with E-state index in [0.717, 1.165) is 38.9 Å². The molecule has 20 heavy (non-hydrogen) atoms. The molecule has 1 saturated heterocycles. The summed E-state index contributed by atoms with van der Waals surface area (Å²) in [6, 6.07) is 0. The molecular weight excluding hydrogens is 250 g/mol. The van der Waals surface area contributed by atoms with Gasteiger partial charge in [0.05, 0.1) is 17.3 Å². The van der Waals surface area contributed by atoms with Crippen molar-refractivity contribution in [3.8, 4) is 0 Å². The van der Waals surface area contributed by atoms with Crippen LogP contribution < -0.4 is 0 Å². The molecule has 0 spiro atoms. The molecule has 1 aliphatic carbocycles. The molecule has 2 rings (SSSR count). The number of hydrogen-bond donors (Lipinski definition) is 1. The van der Waals surface area contributed by atoms with E-state index in [2.05, 4.69) is 46.4 Å². The van der Waals surface area contributed by atoms with Crippen molar-refractivity contribution in [2.75, 3.05) is 19.6 Å². The highest BCUT2D eigenvalue weighted by molar-refractivity contribution is 4.92. The normalized spacial score (nSPS) is 36.8. The van der Waals surface area contributed by atoms with E-state index in [-0.39, 0.29) is 17.3 Å². The molecule has 0 aromatic carbocycles. The van der Waals surface area contributed by atoms with Gasteiger partial charge < -0.3 is 9.84 Å². The Balaban J connectivity index is 2.01. The van der Waals surface area contributed by atoms with E-state index in [4.69, 9.17) is 4.74 Å². The summed E-state index contributed by atoms with van der Waals surface area (Å²) in [7, 11) is 0. The topological polar surface area (TPSA) is 32.7 Å². The average molecular weight is 283 g/mol. The van der Waals surface area contributed by atoms with Crippen LogP contribution in [0.5, 0.6) is 0 Å². The first-order valence-corrected chi connectivity index (χ1v) is 8.09. The molecule has 2 aliphatic rings. The molecule has 0 amide bonds. The van der Waals surface area contributed by atoms with Crippen molar-refractivity contribution in [3.63, 3.8) is 0 Å². The predicted octanol–water partition coefficient (Wildman–Crippen LogP) is 3.06. The zero-order valence-corrected chi connectivity index (χ0v) is 14.2. The lowest BCUT2D eigenvalue weighted by Gasteiger charge is -2.49. The van der Waals surface area contributed by atoms with Gasteiger partial charge in [0.2, 0.25) is 0 Å². The minimum Gasteiger partial charge on any atom is -0.393 e. The van der Waals surface area contributed by atoms with E-state index in [9.17, 15) is 5.11 Å². The number of nitrogens with zero attached hydrogens (tertiary/aromatic N) is 1. The monoisotopic (exact) mass is 283 g/mol. The lowest BCUT2D eigenvalue weighted by atomic mass is 9.70. The van der Waals surface area contributed by atoms with Crippen molar-refractivity contribution in [1.29, 1.82) is 0 Å². The zero-order chi connectivity index (χ0) is 15.2. The summed E-state index contributed by atoms with van der Waals surface area (Å²) in [5.74, 6) is 0.406. The molecule has 1 aliphatic heterocycles. The summed E-state index contributed by atoms with van der Waals surface area (Å²) in [4.78, 5) is 2.50. The SMILES string of the molecule is CC1(C)CCC(O)C(CN2CC(C)(C)OC(C)(C)C2)C1. The predicted molar refractivity (Wildman–Crippen MR) is 82.8 cm³/mol. The van der Waals surface area contributed by atoms with Gasteiger partial charge in [0, 0.05) is 19.6 Å². The maximum Gasteiger partial charge on any atom is 0.0760 e. The third-order valence-electron chi connectivity index (χ3n) is 4.73. The summed E-state index contributed by atoms with van der Waals surface area (Å²) in [6.07, 6.45) is 3.10. The second-order valence-corrected chi connectivity index (χ2v) is 9.03. The number of ether oxygens (including phenoxy) is 1. The fourth-order valence-electron chi connectivity index (χ4n) is 4.31. The van der Waals surface area contributed by atoms with Crippen LogP contribution in [0.25, 0.3) is 0 Å². The second-order valence-electron chi connectivity index (χ2n) is 9.03. The van der Waals surface area contributed by atoms with E-state index in [1.54, 1.807) is 0 Å². The highest BCUT2D eigenvalue weighted by Crippen LogP contribution is 2.40. The highest BCUT2D eigenvalue weighted by atomic mass is 16.5. The number of hydrogen-bond acceptors (Lipinski definition) is 3. The van der Waals surface area contributed by atoms with Crippen molar-refractivity contribution in [2.24, 2.45) is 11.3 Å². The van der Waals surface area contributed by atoms with Crippen LogP contribution >= 0.6 is 0 Å². The van der Waals surface area contributed by atoms with Gasteiger partial charge in [-0.25, -0.2) is 0 Å². The smallest absolute Gasteiger partial charge is 0.0760 e. The molecule has 0 aromatic rings. The number of morpholine rings is 1. The summed E-state index contributed by atoms with van der Waals surface area (Å²) in [5.41, 5.74) is 0.176. The Morgan fingerprint density at radius 1 is 1.05 bits per heavy atom. The van der Waals surface area contributed by atoms with Gasteiger partial charge in [-0.1, -0.05) is 13.8 Å². The van der Waals surface area contributed by atoms with Crippen LogP contribution in [0.3, 0.4) is 0 Å². The molecule has 2 fully saturated rings. The van der Waals surface area contributed by atoms with E-state index in [0.29, 0.717) is 11.3 Å². The number of aliphatic hydroxyl groups is 1. The van der Waals surface area contributed by atoms with Crippen molar-refractivity contribution >= 4 is 0 Å². The quantitative estimate of drug-likeness (QED) is 0.845. The van der Waals surface area contributed by atoms with Crippen molar-refractivity contribution in [3.05, 3.63) is 0 Å². The molecule has 0 radical (unpaired) electrons. The minimum absolute atomic E-state index is 0.100. The van der Waals surface area contributed by atoms with Gasteiger partial charge in [-0.15, -0.1) is 0 Å². The van der Waals surface area contributed by atoms with Crippen LogP contribution in [0.2, 0.25) is 0 Å². The van der Waals surface area contributed by atoms with Gasteiger partial charge in [0.15, 0.2) is 0 Å². The molecule has 2 unspecified atom stereocenters. The zero-order valence-electron chi connectivity index (χ0n) is 14.2. The second kappa shape index (κ2) is 5.26. The molecule has 0 aromatic heterocycles. The molecule has 1 N–H and O–H groups in total. The first-order valence-electron chi connectivity index (χ1n) is 8.09. The van der Waals surface area contributed by atoms with Crippen LogP contribution in [0.1, 0.15) is 60.8 Å². The van der Waals surface area contributed by atoms with Crippen molar-refractivity contribution < 1.29 is 9.84 Å². The van der Waals surface area contributed by atoms with Gasteiger partial charge in [0.25, 0.3) is 0 Å². The third kappa shape index (κ3) is 4.19. The van der Waals surface area contributed by atoms with Gasteiger partial charge in [-0.2, -0.15) is 0 Å². The van der Waals surface area contributed by atoms with Crippen LogP contribution in [0.15, 0.2) is 0 Å². The van der Waals surface area contributed by atoms with Crippen LogP contribution in [-0.4, -0.2) is 46.9 Å². The molecular formula is C17H33NO2. The Kier molecular flexibility index (Phi) is 4.27. The molecule has 1 heterocycles. The van der Waals surface area contributed by atoms with Gasteiger partial charge >= 0.3 is 0 Å². The molecule has 1 saturated carbocycles. The van der Waals surface area contributed by atoms with Crippen LogP contribution in [0, 0.1) is 11.3 Å². The Labute approximate surface area is 124 Å². The highest BCUT2D eigenvalue weighted by Gasteiger charge is 2.41. The lowest BCUT2D eigenvalue weighted by Crippen LogP contribution is -2.58. The van der Waals surface area contributed by atoms with E-state index >= 15 is 0 Å². The maximum atomic E-state index is 10.3. The maximum absolute atomic E-state index is 10.3. The number of rotatable bonds is 2. The summed E-state index contributed by atoms with van der Waals surface area (Å²) < 4.78 is 6.14. The summed E-state index contributed by atoms with van der Waals surface area (Å²) >= 11 is 0. The van der Waals surface area contributed by atoms with Crippen LogP contribution in [0.4, 0.5) is 0 Å². The average Bonchev–Trinajstić information content (AvgIpc) is 2.18. The van der Waals surface area contributed by atoms with Gasteiger partial charge in [-0.05, 0) is 58.3 Å². The lowest BCUT2D eigenvalue weighted by molar-refractivity contribution is -0.185. The van der Waals surface area contributed by atoms with Crippen LogP contribution in [-0.2, 0) is 4.74 Å². The van der Waals surface area contributed by atoms with E-state index < -0.39 is 0 Å². The summed E-state index contributed by atoms with van der Waals surface area (Å²) in [5, 5.41) is 10.3. The third-order valence-corrected chi connectivity index (χ3v) is 4.73. The Hall–Kier alpha value is -0.120. The molecule has 0 bridgehead atoms. The first kappa shape index (κ1) is 16.3. The van der Waals surface area contributed by atoms with Crippen molar-refractivity contribution in [2.45, 2.75) is 78.1 Å². The van der Waals surface area contributed by atoms with E-state index in [1.165, 1.54) is 0 Å². The first-order chi connectivity index (χ1) is 8.98. The fourth-order valence-corrected chi connectivity index (χ4v) is 4.31. The standard InChI is InChI=1S/C17H33NO2/c1-15(2)8-7-14(19)13(9-15)10-18-11-16(3,4)20-17(5,6)12-18/h13-14,19H,7-12H2,1-6H3. The minimum atomic E-state index is -0.128. The fraction of sp³-hybridized carbons (Fsp3) is 1.00. The number of aliphatic hydroxyl groups excluding tert-OH is 1. The van der Waals surface area contributed by atoms with E-state index in [1.807, 2.05) is 0 Å².